The Hall–Kier alpha value is -2.28. The van der Waals surface area contributed by atoms with E-state index in [0.29, 0.717) is 11.5 Å². The molecule has 1 aliphatic heterocycles. The highest BCUT2D eigenvalue weighted by atomic mass is 19.4. The van der Waals surface area contributed by atoms with Gasteiger partial charge in [0.25, 0.3) is 0 Å². The summed E-state index contributed by atoms with van der Waals surface area (Å²) in [6.45, 7) is 3.05. The lowest BCUT2D eigenvalue weighted by Crippen LogP contribution is -2.29. The van der Waals surface area contributed by atoms with Crippen molar-refractivity contribution in [3.8, 4) is 11.1 Å². The van der Waals surface area contributed by atoms with E-state index in [9.17, 15) is 26.3 Å². The Morgan fingerprint density at radius 3 is 1.97 bits per heavy atom. The molecule has 4 rings (SSSR count). The average molecular weight is 483 g/mol. The molecule has 0 aromatic heterocycles. The maximum absolute atomic E-state index is 14.3. The van der Waals surface area contributed by atoms with Crippen LogP contribution < -0.4 is 0 Å². The van der Waals surface area contributed by atoms with Crippen LogP contribution in [0.15, 0.2) is 42.5 Å². The van der Waals surface area contributed by atoms with Crippen LogP contribution in [-0.4, -0.2) is 12.8 Å². The first-order valence-corrected chi connectivity index (χ1v) is 11.8. The SMILES string of the molecule is CC1CCC(C2CCC(c3ccc(-c4cc(F)c(/C(F)=C/C(F)(F)F)c(F)c4)cc3)OC2)CC1. The summed E-state index contributed by atoms with van der Waals surface area (Å²) in [5, 5.41) is 0. The molecule has 1 saturated heterocycles. The van der Waals surface area contributed by atoms with Gasteiger partial charge in [-0.2, -0.15) is 13.2 Å². The van der Waals surface area contributed by atoms with Crippen molar-refractivity contribution in [1.29, 1.82) is 0 Å². The monoisotopic (exact) mass is 482 g/mol. The maximum Gasteiger partial charge on any atom is 0.412 e. The highest BCUT2D eigenvalue weighted by molar-refractivity contribution is 5.69. The minimum atomic E-state index is -5.02. The Morgan fingerprint density at radius 2 is 1.44 bits per heavy atom. The van der Waals surface area contributed by atoms with Gasteiger partial charge in [0, 0.05) is 0 Å². The predicted octanol–water partition coefficient (Wildman–Crippen LogP) is 8.80. The Balaban J connectivity index is 1.43. The molecule has 7 heteroatoms. The smallest absolute Gasteiger partial charge is 0.373 e. The number of hydrogen-bond acceptors (Lipinski definition) is 1. The molecule has 184 valence electrons. The van der Waals surface area contributed by atoms with Crippen molar-refractivity contribution < 1.29 is 31.1 Å². The number of hydrogen-bond donors (Lipinski definition) is 0. The standard InChI is InChI=1S/C27H28F6O/c1-16-2-4-17(5-3-16)20-10-11-25(34-15-20)19-8-6-18(7-9-19)21-12-22(28)26(23(29)13-21)24(30)14-27(31,32)33/h6-9,12-14,16-17,20,25H,2-5,10-11,15H2,1H3/b24-14-. The number of ether oxygens (including phenoxy) is 1. The summed E-state index contributed by atoms with van der Waals surface area (Å²) in [6, 6.07) is 8.70. The fourth-order valence-electron chi connectivity index (χ4n) is 5.24. The normalized spacial score (nSPS) is 26.5. The summed E-state index contributed by atoms with van der Waals surface area (Å²) >= 11 is 0. The van der Waals surface area contributed by atoms with Crippen LogP contribution in [0, 0.1) is 29.4 Å². The Morgan fingerprint density at radius 1 is 0.853 bits per heavy atom. The largest absolute Gasteiger partial charge is 0.412 e. The number of rotatable bonds is 4. The average Bonchev–Trinajstić information content (AvgIpc) is 2.78. The molecule has 2 aromatic carbocycles. The molecule has 2 aliphatic rings. The van der Waals surface area contributed by atoms with E-state index < -0.39 is 35.3 Å². The van der Waals surface area contributed by atoms with E-state index in [4.69, 9.17) is 4.74 Å². The van der Waals surface area contributed by atoms with Crippen molar-refractivity contribution in [1.82, 2.24) is 0 Å². The third kappa shape index (κ3) is 5.85. The fraction of sp³-hybridized carbons (Fsp3) is 0.481. The summed E-state index contributed by atoms with van der Waals surface area (Å²) in [6.07, 6.45) is 1.34. The summed E-state index contributed by atoms with van der Waals surface area (Å²) in [7, 11) is 0. The van der Waals surface area contributed by atoms with Crippen LogP contribution in [0.2, 0.25) is 0 Å². The molecule has 1 nitrogen and oxygen atoms in total. The maximum atomic E-state index is 14.3. The van der Waals surface area contributed by atoms with E-state index in [-0.39, 0.29) is 11.7 Å². The molecule has 0 spiro atoms. The van der Waals surface area contributed by atoms with Gasteiger partial charge in [-0.3, -0.25) is 0 Å². The molecule has 0 bridgehead atoms. The first kappa shape index (κ1) is 24.8. The van der Waals surface area contributed by atoms with Crippen LogP contribution in [0.1, 0.15) is 62.7 Å². The van der Waals surface area contributed by atoms with Crippen LogP contribution in [0.4, 0.5) is 26.3 Å². The zero-order chi connectivity index (χ0) is 24.5. The van der Waals surface area contributed by atoms with Gasteiger partial charge in [-0.1, -0.05) is 44.0 Å². The van der Waals surface area contributed by atoms with E-state index in [1.54, 1.807) is 12.1 Å². The second-order valence-corrected chi connectivity index (χ2v) is 9.65. The van der Waals surface area contributed by atoms with Gasteiger partial charge in [-0.15, -0.1) is 0 Å². The van der Waals surface area contributed by atoms with Gasteiger partial charge in [0.1, 0.15) is 17.5 Å². The third-order valence-electron chi connectivity index (χ3n) is 7.23. The summed E-state index contributed by atoms with van der Waals surface area (Å²) < 4.78 is 85.6. The Labute approximate surface area is 195 Å². The number of benzene rings is 2. The van der Waals surface area contributed by atoms with Crippen molar-refractivity contribution in [2.45, 2.75) is 57.7 Å². The minimum Gasteiger partial charge on any atom is -0.373 e. The second-order valence-electron chi connectivity index (χ2n) is 9.65. The highest BCUT2D eigenvalue weighted by Gasteiger charge is 2.31. The summed E-state index contributed by atoms with van der Waals surface area (Å²) in [5.74, 6) is -2.63. The quantitative estimate of drug-likeness (QED) is 0.396. The van der Waals surface area contributed by atoms with Gasteiger partial charge in [0.05, 0.1) is 24.4 Å². The topological polar surface area (TPSA) is 9.23 Å². The van der Waals surface area contributed by atoms with Crippen LogP contribution in [0.5, 0.6) is 0 Å². The second kappa shape index (κ2) is 10.1. The van der Waals surface area contributed by atoms with Crippen LogP contribution in [0.3, 0.4) is 0 Å². The van der Waals surface area contributed by atoms with Crippen molar-refractivity contribution in [2.75, 3.05) is 6.61 Å². The molecule has 0 amide bonds. The molecule has 1 heterocycles. The number of allylic oxidation sites excluding steroid dienone is 1. The number of halogens is 6. The zero-order valence-corrected chi connectivity index (χ0v) is 19.0. The lowest BCUT2D eigenvalue weighted by atomic mass is 9.74. The van der Waals surface area contributed by atoms with Gasteiger partial charge in [0.2, 0.25) is 0 Å². The van der Waals surface area contributed by atoms with Crippen molar-refractivity contribution in [3.05, 3.63) is 65.2 Å². The van der Waals surface area contributed by atoms with Crippen LogP contribution in [0.25, 0.3) is 17.0 Å². The van der Waals surface area contributed by atoms with Gasteiger partial charge in [0.15, 0.2) is 0 Å². The fourth-order valence-corrected chi connectivity index (χ4v) is 5.24. The predicted molar refractivity (Wildman–Crippen MR) is 119 cm³/mol. The van der Waals surface area contributed by atoms with E-state index in [0.717, 1.165) is 49.0 Å². The molecule has 2 fully saturated rings. The van der Waals surface area contributed by atoms with Crippen LogP contribution in [-0.2, 0) is 4.74 Å². The molecule has 2 unspecified atom stereocenters. The minimum absolute atomic E-state index is 0.0368. The molecule has 2 atom stereocenters. The lowest BCUT2D eigenvalue weighted by Gasteiger charge is -2.37. The van der Waals surface area contributed by atoms with E-state index in [2.05, 4.69) is 6.92 Å². The molecule has 0 radical (unpaired) electrons. The summed E-state index contributed by atoms with van der Waals surface area (Å²) in [5.41, 5.74) is 0.228. The van der Waals surface area contributed by atoms with Gasteiger partial charge in [-0.05, 0) is 72.3 Å². The van der Waals surface area contributed by atoms with Crippen molar-refractivity contribution >= 4 is 5.83 Å². The molecular formula is C27H28F6O. The van der Waals surface area contributed by atoms with E-state index in [1.165, 1.54) is 25.7 Å². The Kier molecular flexibility index (Phi) is 7.41. The number of alkyl halides is 3. The summed E-state index contributed by atoms with van der Waals surface area (Å²) in [4.78, 5) is 0. The molecule has 2 aromatic rings. The first-order chi connectivity index (χ1) is 16.1. The van der Waals surface area contributed by atoms with Crippen LogP contribution >= 0.6 is 0 Å². The molecule has 34 heavy (non-hydrogen) atoms. The Bertz CT molecular complexity index is 987. The van der Waals surface area contributed by atoms with Crippen molar-refractivity contribution in [2.24, 2.45) is 17.8 Å². The van der Waals surface area contributed by atoms with Crippen molar-refractivity contribution in [3.63, 3.8) is 0 Å². The lowest BCUT2D eigenvalue weighted by molar-refractivity contribution is -0.0798. The van der Waals surface area contributed by atoms with E-state index >= 15 is 0 Å². The molecular weight excluding hydrogens is 454 g/mol. The zero-order valence-electron chi connectivity index (χ0n) is 19.0. The van der Waals surface area contributed by atoms with E-state index in [1.807, 2.05) is 12.1 Å². The molecule has 1 saturated carbocycles. The third-order valence-corrected chi connectivity index (χ3v) is 7.23. The van der Waals surface area contributed by atoms with Gasteiger partial charge in [-0.25, -0.2) is 13.2 Å². The van der Waals surface area contributed by atoms with Gasteiger partial charge < -0.3 is 4.74 Å². The molecule has 0 N–H and O–H groups in total. The first-order valence-electron chi connectivity index (χ1n) is 11.8. The highest BCUT2D eigenvalue weighted by Crippen LogP contribution is 2.40. The molecule has 1 aliphatic carbocycles. The van der Waals surface area contributed by atoms with Gasteiger partial charge >= 0.3 is 6.18 Å².